The number of nitrogens with zero attached hydrogens (tertiary/aromatic N) is 2. The second kappa shape index (κ2) is 6.06. The van der Waals surface area contributed by atoms with Crippen molar-refractivity contribution in [3.05, 3.63) is 66.0 Å². The Morgan fingerprint density at radius 3 is 2.62 bits per heavy atom. The van der Waals surface area contributed by atoms with Crippen LogP contribution < -0.4 is 5.73 Å². The second-order valence-electron chi connectivity index (χ2n) is 5.36. The van der Waals surface area contributed by atoms with Crippen LogP contribution in [-0.4, -0.2) is 22.3 Å². The fraction of sp³-hybridized carbons (Fsp3) is 0.294. The zero-order valence-electron chi connectivity index (χ0n) is 11.9. The molecule has 1 saturated heterocycles. The molecule has 1 amide bonds. The van der Waals surface area contributed by atoms with Crippen molar-refractivity contribution in [1.82, 2.24) is 9.88 Å². The maximum absolute atomic E-state index is 12.7. The third-order valence-corrected chi connectivity index (χ3v) is 4.05. The Labute approximate surface area is 124 Å². The van der Waals surface area contributed by atoms with Gasteiger partial charge in [-0.05, 0) is 36.1 Å². The van der Waals surface area contributed by atoms with Gasteiger partial charge in [0.1, 0.15) is 6.04 Å². The summed E-state index contributed by atoms with van der Waals surface area (Å²) in [5, 5.41) is 0. The lowest BCUT2D eigenvalue weighted by molar-refractivity contribution is -0.133. The summed E-state index contributed by atoms with van der Waals surface area (Å²) in [5.74, 6) is 0.000474. The molecule has 0 saturated carbocycles. The monoisotopic (exact) mass is 281 g/mol. The van der Waals surface area contributed by atoms with Crippen molar-refractivity contribution in [3.8, 4) is 0 Å². The summed E-state index contributed by atoms with van der Waals surface area (Å²) in [7, 11) is 0. The SMILES string of the molecule is NC(C(=O)N1CCCC1c1ccncc1)c1ccccc1. The molecular weight excluding hydrogens is 262 g/mol. The second-order valence-corrected chi connectivity index (χ2v) is 5.36. The van der Waals surface area contributed by atoms with Gasteiger partial charge in [0, 0.05) is 18.9 Å². The third kappa shape index (κ3) is 2.81. The molecule has 0 spiro atoms. The number of rotatable bonds is 3. The summed E-state index contributed by atoms with van der Waals surface area (Å²) < 4.78 is 0. The number of hydrogen-bond donors (Lipinski definition) is 1. The van der Waals surface area contributed by atoms with Gasteiger partial charge >= 0.3 is 0 Å². The van der Waals surface area contributed by atoms with Crippen LogP contribution in [0.4, 0.5) is 0 Å². The summed E-state index contributed by atoms with van der Waals surface area (Å²) in [6.45, 7) is 0.770. The fourth-order valence-corrected chi connectivity index (χ4v) is 2.94. The molecule has 2 atom stereocenters. The summed E-state index contributed by atoms with van der Waals surface area (Å²) in [6.07, 6.45) is 5.54. The highest BCUT2D eigenvalue weighted by Crippen LogP contribution is 2.33. The van der Waals surface area contributed by atoms with E-state index in [0.717, 1.165) is 30.5 Å². The molecule has 0 aliphatic carbocycles. The lowest BCUT2D eigenvalue weighted by atomic mass is 10.0. The van der Waals surface area contributed by atoms with E-state index in [1.54, 1.807) is 12.4 Å². The van der Waals surface area contributed by atoms with Crippen LogP contribution in [0.5, 0.6) is 0 Å². The van der Waals surface area contributed by atoms with E-state index in [1.165, 1.54) is 0 Å². The molecule has 1 aliphatic rings. The molecule has 2 unspecified atom stereocenters. The first kappa shape index (κ1) is 13.8. The summed E-state index contributed by atoms with van der Waals surface area (Å²) in [6, 6.07) is 13.0. The number of carbonyl (C=O) groups is 1. The normalized spacial score (nSPS) is 19.5. The van der Waals surface area contributed by atoms with E-state index >= 15 is 0 Å². The van der Waals surface area contributed by atoms with E-state index < -0.39 is 6.04 Å². The highest BCUT2D eigenvalue weighted by atomic mass is 16.2. The Morgan fingerprint density at radius 1 is 1.19 bits per heavy atom. The molecule has 2 heterocycles. The molecule has 0 radical (unpaired) electrons. The number of aromatic nitrogens is 1. The largest absolute Gasteiger partial charge is 0.334 e. The van der Waals surface area contributed by atoms with Crippen molar-refractivity contribution in [2.24, 2.45) is 5.73 Å². The van der Waals surface area contributed by atoms with Crippen molar-refractivity contribution in [3.63, 3.8) is 0 Å². The smallest absolute Gasteiger partial charge is 0.244 e. The number of amides is 1. The number of hydrogen-bond acceptors (Lipinski definition) is 3. The van der Waals surface area contributed by atoms with Crippen LogP contribution >= 0.6 is 0 Å². The molecule has 108 valence electrons. The third-order valence-electron chi connectivity index (χ3n) is 4.05. The van der Waals surface area contributed by atoms with Gasteiger partial charge in [0.2, 0.25) is 5.91 Å². The molecular formula is C17H19N3O. The van der Waals surface area contributed by atoms with Crippen molar-refractivity contribution >= 4 is 5.91 Å². The van der Waals surface area contributed by atoms with Gasteiger partial charge in [-0.15, -0.1) is 0 Å². The summed E-state index contributed by atoms with van der Waals surface area (Å²) in [4.78, 5) is 18.7. The van der Waals surface area contributed by atoms with E-state index in [-0.39, 0.29) is 11.9 Å². The molecule has 1 aromatic heterocycles. The number of likely N-dealkylation sites (tertiary alicyclic amines) is 1. The molecule has 3 rings (SSSR count). The van der Waals surface area contributed by atoms with E-state index in [2.05, 4.69) is 4.98 Å². The van der Waals surface area contributed by atoms with Gasteiger partial charge < -0.3 is 10.6 Å². The van der Waals surface area contributed by atoms with Gasteiger partial charge in [-0.3, -0.25) is 9.78 Å². The lowest BCUT2D eigenvalue weighted by Gasteiger charge is -2.27. The molecule has 2 N–H and O–H groups in total. The first-order chi connectivity index (χ1) is 10.3. The minimum atomic E-state index is -0.589. The fourth-order valence-electron chi connectivity index (χ4n) is 2.94. The van der Waals surface area contributed by atoms with Gasteiger partial charge in [-0.2, -0.15) is 0 Å². The molecule has 4 heteroatoms. The first-order valence-electron chi connectivity index (χ1n) is 7.28. The van der Waals surface area contributed by atoms with Crippen LogP contribution in [0.15, 0.2) is 54.9 Å². The van der Waals surface area contributed by atoms with Gasteiger partial charge in [0.15, 0.2) is 0 Å². The van der Waals surface area contributed by atoms with E-state index in [0.29, 0.717) is 0 Å². The van der Waals surface area contributed by atoms with Crippen molar-refractivity contribution in [2.45, 2.75) is 24.9 Å². The van der Waals surface area contributed by atoms with Gasteiger partial charge in [-0.25, -0.2) is 0 Å². The standard InChI is InChI=1S/C17H19N3O/c18-16(14-5-2-1-3-6-14)17(21)20-12-4-7-15(20)13-8-10-19-11-9-13/h1-3,5-6,8-11,15-16H,4,7,12,18H2. The van der Waals surface area contributed by atoms with Gasteiger partial charge in [-0.1, -0.05) is 30.3 Å². The number of carbonyl (C=O) groups excluding carboxylic acids is 1. The Bertz CT molecular complexity index is 600. The maximum Gasteiger partial charge on any atom is 0.244 e. The van der Waals surface area contributed by atoms with Gasteiger partial charge in [0.05, 0.1) is 6.04 Å². The summed E-state index contributed by atoms with van der Waals surface area (Å²) in [5.41, 5.74) is 8.15. The van der Waals surface area contributed by atoms with Crippen LogP contribution in [0, 0.1) is 0 Å². The van der Waals surface area contributed by atoms with Crippen LogP contribution in [0.25, 0.3) is 0 Å². The average Bonchev–Trinajstić information content (AvgIpc) is 3.04. The van der Waals surface area contributed by atoms with Crippen LogP contribution in [0.1, 0.15) is 36.1 Å². The van der Waals surface area contributed by atoms with Crippen LogP contribution in [0.2, 0.25) is 0 Å². The minimum Gasteiger partial charge on any atom is -0.334 e. The topological polar surface area (TPSA) is 59.2 Å². The number of nitrogens with two attached hydrogens (primary N) is 1. The average molecular weight is 281 g/mol. The molecule has 1 aromatic carbocycles. The number of benzene rings is 1. The highest BCUT2D eigenvalue weighted by molar-refractivity contribution is 5.83. The number of pyridine rings is 1. The van der Waals surface area contributed by atoms with Crippen molar-refractivity contribution < 1.29 is 4.79 Å². The van der Waals surface area contributed by atoms with E-state index in [1.807, 2.05) is 47.4 Å². The van der Waals surface area contributed by atoms with Crippen LogP contribution in [-0.2, 0) is 4.79 Å². The Balaban J connectivity index is 1.81. The summed E-state index contributed by atoms with van der Waals surface area (Å²) >= 11 is 0. The van der Waals surface area contributed by atoms with E-state index in [9.17, 15) is 4.79 Å². The Morgan fingerprint density at radius 2 is 1.90 bits per heavy atom. The molecule has 21 heavy (non-hydrogen) atoms. The Kier molecular flexibility index (Phi) is 3.97. The van der Waals surface area contributed by atoms with Crippen molar-refractivity contribution in [1.29, 1.82) is 0 Å². The zero-order valence-corrected chi connectivity index (χ0v) is 11.9. The maximum atomic E-state index is 12.7. The van der Waals surface area contributed by atoms with Crippen molar-refractivity contribution in [2.75, 3.05) is 6.54 Å². The van der Waals surface area contributed by atoms with Gasteiger partial charge in [0.25, 0.3) is 0 Å². The van der Waals surface area contributed by atoms with Crippen LogP contribution in [0.3, 0.4) is 0 Å². The molecule has 1 aliphatic heterocycles. The predicted octanol–water partition coefficient (Wildman–Crippen LogP) is 2.45. The lowest BCUT2D eigenvalue weighted by Crippen LogP contribution is -2.38. The quantitative estimate of drug-likeness (QED) is 0.940. The molecule has 2 aromatic rings. The Hall–Kier alpha value is -2.20. The zero-order chi connectivity index (χ0) is 14.7. The van der Waals surface area contributed by atoms with E-state index in [4.69, 9.17) is 5.73 Å². The minimum absolute atomic E-state index is 0.000474. The first-order valence-corrected chi connectivity index (χ1v) is 7.28. The predicted molar refractivity (Wildman–Crippen MR) is 81.3 cm³/mol. The highest BCUT2D eigenvalue weighted by Gasteiger charge is 2.32. The molecule has 0 bridgehead atoms. The molecule has 4 nitrogen and oxygen atoms in total. The molecule has 1 fully saturated rings.